The molecule has 1 aliphatic rings. The third-order valence-corrected chi connectivity index (χ3v) is 4.24. The standard InChI is InChI=1S/C11H13N3O4S/c15-11(16)8-4-10(13-6-9(8)14(17)18)12-5-7-2-1-3-19-7/h4,6-7H,1-3,5H2,(H,12,13)(H,15,16). The second-order valence-electron chi connectivity index (χ2n) is 4.16. The lowest BCUT2D eigenvalue weighted by atomic mass is 10.2. The highest BCUT2D eigenvalue weighted by Gasteiger charge is 2.21. The van der Waals surface area contributed by atoms with Gasteiger partial charge in [-0.15, -0.1) is 0 Å². The summed E-state index contributed by atoms with van der Waals surface area (Å²) < 4.78 is 0. The van der Waals surface area contributed by atoms with Gasteiger partial charge in [-0.2, -0.15) is 11.8 Å². The highest BCUT2D eigenvalue weighted by molar-refractivity contribution is 8.00. The Hall–Kier alpha value is -1.83. The molecule has 0 saturated carbocycles. The van der Waals surface area contributed by atoms with E-state index in [0.29, 0.717) is 17.6 Å². The number of aromatic nitrogens is 1. The van der Waals surface area contributed by atoms with Gasteiger partial charge in [-0.25, -0.2) is 9.78 Å². The van der Waals surface area contributed by atoms with Crippen molar-refractivity contribution < 1.29 is 14.8 Å². The topological polar surface area (TPSA) is 105 Å². The van der Waals surface area contributed by atoms with Crippen LogP contribution in [-0.2, 0) is 0 Å². The monoisotopic (exact) mass is 283 g/mol. The van der Waals surface area contributed by atoms with Crippen LogP contribution in [0.5, 0.6) is 0 Å². The number of rotatable bonds is 5. The summed E-state index contributed by atoms with van der Waals surface area (Å²) in [4.78, 5) is 24.8. The van der Waals surface area contributed by atoms with Gasteiger partial charge in [-0.3, -0.25) is 10.1 Å². The molecule has 0 bridgehead atoms. The Kier molecular flexibility index (Phi) is 4.20. The van der Waals surface area contributed by atoms with Crippen molar-refractivity contribution in [2.24, 2.45) is 0 Å². The quantitative estimate of drug-likeness (QED) is 0.628. The molecule has 2 rings (SSSR count). The predicted octanol–water partition coefficient (Wildman–Crippen LogP) is 2.00. The minimum atomic E-state index is -1.33. The highest BCUT2D eigenvalue weighted by Crippen LogP contribution is 2.26. The SMILES string of the molecule is O=C(O)c1cc(NCC2CCCS2)ncc1[N+](=O)[O-]. The van der Waals surface area contributed by atoms with Crippen LogP contribution in [-0.4, -0.2) is 38.5 Å². The Labute approximate surface area is 113 Å². The van der Waals surface area contributed by atoms with Crippen molar-refractivity contribution in [3.63, 3.8) is 0 Å². The van der Waals surface area contributed by atoms with Crippen LogP contribution in [0.25, 0.3) is 0 Å². The van der Waals surface area contributed by atoms with Crippen LogP contribution in [0.15, 0.2) is 12.3 Å². The normalized spacial score (nSPS) is 18.2. The second-order valence-corrected chi connectivity index (χ2v) is 5.57. The van der Waals surface area contributed by atoms with Gasteiger partial charge in [0.05, 0.1) is 4.92 Å². The first kappa shape index (κ1) is 13.6. The van der Waals surface area contributed by atoms with Crippen LogP contribution < -0.4 is 5.32 Å². The van der Waals surface area contributed by atoms with Crippen molar-refractivity contribution in [1.29, 1.82) is 0 Å². The lowest BCUT2D eigenvalue weighted by Gasteiger charge is -2.10. The molecule has 2 heterocycles. The molecule has 1 aromatic heterocycles. The van der Waals surface area contributed by atoms with E-state index in [4.69, 9.17) is 5.11 Å². The van der Waals surface area contributed by atoms with E-state index in [-0.39, 0.29) is 5.56 Å². The van der Waals surface area contributed by atoms with Crippen LogP contribution in [0.4, 0.5) is 11.5 Å². The van der Waals surface area contributed by atoms with Crippen LogP contribution in [0.1, 0.15) is 23.2 Å². The Balaban J connectivity index is 2.11. The van der Waals surface area contributed by atoms with Crippen molar-refractivity contribution in [2.75, 3.05) is 17.6 Å². The molecular weight excluding hydrogens is 270 g/mol. The first-order valence-corrected chi connectivity index (χ1v) is 6.86. The molecule has 1 fully saturated rings. The van der Waals surface area contributed by atoms with Gasteiger partial charge in [0.2, 0.25) is 0 Å². The Bertz CT molecular complexity index is 503. The van der Waals surface area contributed by atoms with E-state index in [0.717, 1.165) is 18.4 Å². The molecule has 0 spiro atoms. The number of thioether (sulfide) groups is 1. The van der Waals surface area contributed by atoms with E-state index in [1.54, 1.807) is 0 Å². The molecule has 2 N–H and O–H groups in total. The van der Waals surface area contributed by atoms with Crippen molar-refractivity contribution in [2.45, 2.75) is 18.1 Å². The Morgan fingerprint density at radius 2 is 2.47 bits per heavy atom. The fraction of sp³-hybridized carbons (Fsp3) is 0.455. The first-order valence-electron chi connectivity index (χ1n) is 5.81. The number of carboxylic acid groups (broad SMARTS) is 1. The molecule has 7 nitrogen and oxygen atoms in total. The lowest BCUT2D eigenvalue weighted by Crippen LogP contribution is -2.15. The fourth-order valence-electron chi connectivity index (χ4n) is 1.89. The van der Waals surface area contributed by atoms with Crippen LogP contribution >= 0.6 is 11.8 Å². The van der Waals surface area contributed by atoms with E-state index in [1.807, 2.05) is 11.8 Å². The number of hydrogen-bond acceptors (Lipinski definition) is 6. The molecule has 0 amide bonds. The molecule has 102 valence electrons. The summed E-state index contributed by atoms with van der Waals surface area (Å²) in [5.41, 5.74) is -0.838. The van der Waals surface area contributed by atoms with E-state index in [9.17, 15) is 14.9 Å². The zero-order valence-corrected chi connectivity index (χ0v) is 10.9. The molecular formula is C11H13N3O4S. The molecule has 8 heteroatoms. The van der Waals surface area contributed by atoms with Crippen molar-refractivity contribution in [3.8, 4) is 0 Å². The average Bonchev–Trinajstić information content (AvgIpc) is 2.88. The number of nitrogens with one attached hydrogen (secondary N) is 1. The predicted molar refractivity (Wildman–Crippen MR) is 71.8 cm³/mol. The molecule has 19 heavy (non-hydrogen) atoms. The van der Waals surface area contributed by atoms with Gasteiger partial charge in [0.25, 0.3) is 0 Å². The zero-order valence-electron chi connectivity index (χ0n) is 10.0. The summed E-state index contributed by atoms with van der Waals surface area (Å²) >= 11 is 1.87. The van der Waals surface area contributed by atoms with Gasteiger partial charge in [-0.1, -0.05) is 0 Å². The van der Waals surface area contributed by atoms with Gasteiger partial charge < -0.3 is 10.4 Å². The van der Waals surface area contributed by atoms with Gasteiger partial charge in [0, 0.05) is 17.9 Å². The van der Waals surface area contributed by atoms with Crippen LogP contribution in [0.2, 0.25) is 0 Å². The van der Waals surface area contributed by atoms with Gasteiger partial charge in [0.1, 0.15) is 17.6 Å². The number of hydrogen-bond donors (Lipinski definition) is 2. The molecule has 1 atom stereocenters. The average molecular weight is 283 g/mol. The van der Waals surface area contributed by atoms with Gasteiger partial charge in [-0.05, 0) is 18.6 Å². The molecule has 1 aromatic rings. The van der Waals surface area contributed by atoms with Crippen molar-refractivity contribution in [1.82, 2.24) is 4.98 Å². The Morgan fingerprint density at radius 3 is 3.05 bits per heavy atom. The van der Waals surface area contributed by atoms with E-state index in [2.05, 4.69) is 10.3 Å². The highest BCUT2D eigenvalue weighted by atomic mass is 32.2. The third-order valence-electron chi connectivity index (χ3n) is 2.84. The second kappa shape index (κ2) is 5.87. The maximum absolute atomic E-state index is 11.0. The number of nitro groups is 1. The number of nitrogens with zero attached hydrogens (tertiary/aromatic N) is 2. The minimum Gasteiger partial charge on any atom is -0.477 e. The summed E-state index contributed by atoms with van der Waals surface area (Å²) in [6.07, 6.45) is 3.29. The van der Waals surface area contributed by atoms with Crippen LogP contribution in [0, 0.1) is 10.1 Å². The smallest absolute Gasteiger partial charge is 0.342 e. The number of carboxylic acids is 1. The van der Waals surface area contributed by atoms with Crippen molar-refractivity contribution in [3.05, 3.63) is 27.9 Å². The van der Waals surface area contributed by atoms with E-state index in [1.165, 1.54) is 12.5 Å². The largest absolute Gasteiger partial charge is 0.477 e. The number of aromatic carboxylic acids is 1. The number of carbonyl (C=O) groups is 1. The van der Waals surface area contributed by atoms with Crippen LogP contribution in [0.3, 0.4) is 0 Å². The molecule has 0 radical (unpaired) electrons. The molecule has 1 aliphatic heterocycles. The fourth-order valence-corrected chi connectivity index (χ4v) is 3.09. The maximum Gasteiger partial charge on any atom is 0.342 e. The van der Waals surface area contributed by atoms with E-state index >= 15 is 0 Å². The third kappa shape index (κ3) is 3.34. The molecule has 0 aromatic carbocycles. The maximum atomic E-state index is 11.0. The summed E-state index contributed by atoms with van der Waals surface area (Å²) in [6, 6.07) is 1.21. The summed E-state index contributed by atoms with van der Waals surface area (Å²) in [7, 11) is 0. The summed E-state index contributed by atoms with van der Waals surface area (Å²) in [5, 5.41) is 23.2. The molecule has 1 unspecified atom stereocenters. The van der Waals surface area contributed by atoms with Gasteiger partial charge in [0.15, 0.2) is 0 Å². The summed E-state index contributed by atoms with van der Waals surface area (Å²) in [6.45, 7) is 0.689. The number of anilines is 1. The lowest BCUT2D eigenvalue weighted by molar-refractivity contribution is -0.385. The van der Waals surface area contributed by atoms with Crippen molar-refractivity contribution >= 4 is 29.2 Å². The molecule has 0 aliphatic carbocycles. The number of pyridine rings is 1. The first-order chi connectivity index (χ1) is 9.08. The Morgan fingerprint density at radius 1 is 1.68 bits per heavy atom. The van der Waals surface area contributed by atoms with E-state index < -0.39 is 16.6 Å². The molecule has 1 saturated heterocycles. The summed E-state index contributed by atoms with van der Waals surface area (Å²) in [5.74, 6) is 0.170. The minimum absolute atomic E-state index is 0.346. The zero-order chi connectivity index (χ0) is 13.8. The van der Waals surface area contributed by atoms with Gasteiger partial charge >= 0.3 is 11.7 Å².